The molecule has 2 aliphatic rings. The maximum absolute atomic E-state index is 14.2. The molecule has 5 rings (SSSR count). The zero-order valence-corrected chi connectivity index (χ0v) is 23.1. The van der Waals surface area contributed by atoms with Gasteiger partial charge in [-0.1, -0.05) is 24.3 Å². The molecule has 2 aliphatic heterocycles. The van der Waals surface area contributed by atoms with E-state index in [0.29, 0.717) is 31.8 Å². The molecule has 2 aromatic carbocycles. The van der Waals surface area contributed by atoms with Crippen LogP contribution in [0.3, 0.4) is 0 Å². The molecule has 0 radical (unpaired) electrons. The van der Waals surface area contributed by atoms with Gasteiger partial charge in [0, 0.05) is 37.7 Å². The number of aromatic nitrogens is 4. The second kappa shape index (κ2) is 14.8. The summed E-state index contributed by atoms with van der Waals surface area (Å²) in [7, 11) is 0. The van der Waals surface area contributed by atoms with Gasteiger partial charge in [-0.15, -0.1) is 5.10 Å². The maximum atomic E-state index is 14.2. The molecule has 0 unspecified atom stereocenters. The number of hydrogen-bond acceptors (Lipinski definition) is 8. The van der Waals surface area contributed by atoms with Gasteiger partial charge in [0.15, 0.2) is 11.6 Å². The Morgan fingerprint density at radius 3 is 2.60 bits per heavy atom. The van der Waals surface area contributed by atoms with Crippen molar-refractivity contribution >= 4 is 24.2 Å². The van der Waals surface area contributed by atoms with E-state index in [1.165, 1.54) is 28.0 Å². The van der Waals surface area contributed by atoms with Gasteiger partial charge in [0.2, 0.25) is 17.7 Å². The molecule has 1 aromatic heterocycles. The minimum atomic E-state index is -1.04. The Kier molecular flexibility index (Phi) is 10.7. The van der Waals surface area contributed by atoms with Crippen molar-refractivity contribution in [3.63, 3.8) is 0 Å². The molecule has 0 saturated carbocycles. The topological polar surface area (TPSA) is 160 Å². The minimum Gasteiger partial charge on any atom is -0.492 e. The quantitative estimate of drug-likeness (QED) is 0.415. The molecule has 2 N–H and O–H groups in total. The van der Waals surface area contributed by atoms with Gasteiger partial charge in [0.25, 0.3) is 6.47 Å². The number of halogens is 2. The van der Waals surface area contributed by atoms with Crippen molar-refractivity contribution in [3.8, 4) is 5.75 Å². The van der Waals surface area contributed by atoms with Crippen LogP contribution in [-0.2, 0) is 32.1 Å². The Morgan fingerprint density at radius 1 is 1.07 bits per heavy atom. The van der Waals surface area contributed by atoms with E-state index < -0.39 is 17.6 Å². The van der Waals surface area contributed by atoms with Gasteiger partial charge < -0.3 is 25.0 Å². The first-order valence-corrected chi connectivity index (χ1v) is 13.6. The lowest BCUT2D eigenvalue weighted by Crippen LogP contribution is -2.40. The highest BCUT2D eigenvalue weighted by Crippen LogP contribution is 2.35. The molecule has 0 spiro atoms. The van der Waals surface area contributed by atoms with E-state index in [4.69, 9.17) is 14.6 Å². The molecule has 3 heterocycles. The highest BCUT2D eigenvalue weighted by molar-refractivity contribution is 5.84. The van der Waals surface area contributed by atoms with Crippen LogP contribution in [0.1, 0.15) is 23.5 Å². The van der Waals surface area contributed by atoms with Crippen LogP contribution >= 0.6 is 0 Å². The Bertz CT molecular complexity index is 1420. The summed E-state index contributed by atoms with van der Waals surface area (Å²) in [6, 6.07) is 11.1. The number of amides is 3. The molecule has 2 bridgehead atoms. The van der Waals surface area contributed by atoms with Crippen molar-refractivity contribution < 1.29 is 37.8 Å². The van der Waals surface area contributed by atoms with Crippen LogP contribution in [0.15, 0.2) is 48.8 Å². The smallest absolute Gasteiger partial charge is 0.290 e. The third kappa shape index (κ3) is 8.08. The fourth-order valence-corrected chi connectivity index (χ4v) is 5.14. The van der Waals surface area contributed by atoms with Gasteiger partial charge >= 0.3 is 0 Å². The molecule has 3 amide bonds. The Morgan fingerprint density at radius 2 is 1.84 bits per heavy atom. The van der Waals surface area contributed by atoms with E-state index >= 15 is 0 Å². The van der Waals surface area contributed by atoms with E-state index in [1.807, 2.05) is 18.2 Å². The van der Waals surface area contributed by atoms with Gasteiger partial charge in [-0.25, -0.2) is 13.5 Å². The number of fused-ring (bicyclic) bond motifs is 4. The van der Waals surface area contributed by atoms with E-state index in [0.717, 1.165) is 11.6 Å². The number of nitrogens with one attached hydrogen (secondary N) is 1. The monoisotopic (exact) mass is 599 g/mol. The molecule has 15 heteroatoms. The van der Waals surface area contributed by atoms with Crippen molar-refractivity contribution in [2.75, 3.05) is 39.3 Å². The number of carbonyl (C=O) groups excluding carboxylic acids is 3. The number of carbonyl (C=O) groups is 4. The zero-order valence-electron chi connectivity index (χ0n) is 23.1. The van der Waals surface area contributed by atoms with Crippen LogP contribution in [0, 0.1) is 17.6 Å². The molecular weight excluding hydrogens is 568 g/mol. The molecule has 0 aliphatic carbocycles. The lowest BCUT2D eigenvalue weighted by molar-refractivity contribution is -0.132. The van der Waals surface area contributed by atoms with E-state index in [9.17, 15) is 23.2 Å². The lowest BCUT2D eigenvalue weighted by atomic mass is 9.88. The molecule has 13 nitrogen and oxygen atoms in total. The van der Waals surface area contributed by atoms with Crippen LogP contribution in [0.4, 0.5) is 8.78 Å². The van der Waals surface area contributed by atoms with Crippen LogP contribution < -0.4 is 10.1 Å². The average Bonchev–Trinajstić information content (AvgIpc) is 3.67. The summed E-state index contributed by atoms with van der Waals surface area (Å²) in [5.74, 6) is -3.09. The highest BCUT2D eigenvalue weighted by Gasteiger charge is 2.40. The first-order valence-electron chi connectivity index (χ1n) is 13.6. The number of ether oxygens (including phenoxy) is 1. The van der Waals surface area contributed by atoms with Crippen LogP contribution in [0.2, 0.25) is 0 Å². The number of benzene rings is 2. The summed E-state index contributed by atoms with van der Waals surface area (Å²) in [4.78, 5) is 50.8. The molecule has 2 atom stereocenters. The predicted octanol–water partition coefficient (Wildman–Crippen LogP) is 0.864. The molecule has 1 saturated heterocycles. The van der Waals surface area contributed by atoms with Crippen molar-refractivity contribution in [2.24, 2.45) is 5.92 Å². The number of tetrazole rings is 1. The van der Waals surface area contributed by atoms with Gasteiger partial charge in [-0.05, 0) is 40.6 Å². The Balaban J connectivity index is 0.00000135. The zero-order chi connectivity index (χ0) is 30.8. The Hall–Kier alpha value is -4.95. The molecule has 1 fully saturated rings. The van der Waals surface area contributed by atoms with Crippen molar-refractivity contribution in [2.45, 2.75) is 25.3 Å². The SMILES string of the molecule is O=C1NCCCN(C(=O)Cn2cnnn2)CCOc2cccc(c2)[C@H]2CN(C(=O)Cc3cccc(F)c3F)C[C@H]12.O=CO. The lowest BCUT2D eigenvalue weighted by Gasteiger charge is -2.24. The normalized spacial score (nSPS) is 18.7. The van der Waals surface area contributed by atoms with Crippen molar-refractivity contribution in [1.29, 1.82) is 0 Å². The van der Waals surface area contributed by atoms with Crippen LogP contribution in [0.5, 0.6) is 5.75 Å². The molecule has 228 valence electrons. The molecule has 43 heavy (non-hydrogen) atoms. The number of rotatable bonds is 4. The highest BCUT2D eigenvalue weighted by atomic mass is 19.2. The van der Waals surface area contributed by atoms with Gasteiger partial charge in [-0.2, -0.15) is 0 Å². The first-order chi connectivity index (χ1) is 20.8. The summed E-state index contributed by atoms with van der Waals surface area (Å²) < 4.78 is 35.2. The number of nitrogens with zero attached hydrogens (tertiary/aromatic N) is 6. The first kappa shape index (κ1) is 31.0. The van der Waals surface area contributed by atoms with Gasteiger partial charge in [0.1, 0.15) is 25.2 Å². The number of carboxylic acid groups (broad SMARTS) is 1. The van der Waals surface area contributed by atoms with Crippen LogP contribution in [-0.4, -0.2) is 98.6 Å². The fourth-order valence-electron chi connectivity index (χ4n) is 5.14. The van der Waals surface area contributed by atoms with E-state index in [2.05, 4.69) is 20.8 Å². The van der Waals surface area contributed by atoms with Gasteiger partial charge in [-0.3, -0.25) is 19.2 Å². The third-order valence-corrected chi connectivity index (χ3v) is 7.24. The summed E-state index contributed by atoms with van der Waals surface area (Å²) in [6.07, 6.45) is 1.57. The summed E-state index contributed by atoms with van der Waals surface area (Å²) in [6.45, 7) is 1.47. The second-order valence-corrected chi connectivity index (χ2v) is 9.96. The van der Waals surface area contributed by atoms with E-state index in [-0.39, 0.29) is 68.3 Å². The largest absolute Gasteiger partial charge is 0.492 e. The Labute approximate surface area is 245 Å². The predicted molar refractivity (Wildman–Crippen MR) is 146 cm³/mol. The van der Waals surface area contributed by atoms with Crippen molar-refractivity contribution in [1.82, 2.24) is 35.3 Å². The summed E-state index contributed by atoms with van der Waals surface area (Å²) in [5.41, 5.74) is 0.802. The van der Waals surface area contributed by atoms with Crippen molar-refractivity contribution in [3.05, 3.63) is 71.6 Å². The summed E-state index contributed by atoms with van der Waals surface area (Å²) >= 11 is 0. The number of likely N-dealkylation sites (tertiary alicyclic amines) is 1. The fraction of sp³-hybridized carbons (Fsp3) is 0.393. The number of hydrogen-bond donors (Lipinski definition) is 2. The maximum Gasteiger partial charge on any atom is 0.290 e. The average molecular weight is 600 g/mol. The minimum absolute atomic E-state index is 0.0119. The molecular formula is C28H31F2N7O6. The standard InChI is InChI=1S/C27H29F2N7O4.CH2O2/c28-23-7-2-5-19(26(23)29)13-24(37)35-14-21-18-4-1-6-20(12-18)40-11-10-34(25(38)16-36-17-31-32-33-36)9-3-8-30-27(39)22(21)15-35;2-1-3/h1-2,4-7,12,17,21-22H,3,8-11,13-16H2,(H,30,39);1H,(H,2,3)/t21-,22+;/m1./s1. The summed E-state index contributed by atoms with van der Waals surface area (Å²) in [5, 5.41) is 20.7. The molecule has 3 aromatic rings. The second-order valence-electron chi connectivity index (χ2n) is 9.96. The van der Waals surface area contributed by atoms with Gasteiger partial charge in [0.05, 0.1) is 18.9 Å². The van der Waals surface area contributed by atoms with E-state index in [1.54, 1.807) is 11.0 Å². The third-order valence-electron chi connectivity index (χ3n) is 7.24. The van der Waals surface area contributed by atoms with Crippen LogP contribution in [0.25, 0.3) is 0 Å².